The highest BCUT2D eigenvalue weighted by atomic mass is 32.2. The summed E-state index contributed by atoms with van der Waals surface area (Å²) >= 11 is 1.71. The highest BCUT2D eigenvalue weighted by molar-refractivity contribution is 8.14. The summed E-state index contributed by atoms with van der Waals surface area (Å²) < 4.78 is 0. The van der Waals surface area contributed by atoms with E-state index in [1.807, 2.05) is 30.1 Å². The molecule has 1 aromatic rings. The van der Waals surface area contributed by atoms with E-state index < -0.39 is 0 Å². The van der Waals surface area contributed by atoms with E-state index in [1.165, 1.54) is 5.56 Å². The van der Waals surface area contributed by atoms with Crippen LogP contribution in [0.3, 0.4) is 0 Å². The van der Waals surface area contributed by atoms with Crippen molar-refractivity contribution in [3.63, 3.8) is 0 Å². The van der Waals surface area contributed by atoms with Gasteiger partial charge in [0.2, 0.25) is 0 Å². The lowest BCUT2D eigenvalue weighted by atomic mass is 9.81. The molecule has 1 unspecified atom stereocenters. The molecule has 0 spiro atoms. The van der Waals surface area contributed by atoms with Gasteiger partial charge in [-0.1, -0.05) is 58.0 Å². The van der Waals surface area contributed by atoms with Gasteiger partial charge in [0, 0.05) is 18.7 Å². The highest BCUT2D eigenvalue weighted by Gasteiger charge is 2.50. The molecular formula is C17H24N2OS. The van der Waals surface area contributed by atoms with Crippen molar-refractivity contribution >= 4 is 22.8 Å². The summed E-state index contributed by atoms with van der Waals surface area (Å²) in [6.07, 6.45) is 0.812. The molecule has 4 heteroatoms. The van der Waals surface area contributed by atoms with Crippen LogP contribution in [0.15, 0.2) is 35.3 Å². The van der Waals surface area contributed by atoms with Gasteiger partial charge in [-0.15, -0.1) is 11.8 Å². The van der Waals surface area contributed by atoms with E-state index >= 15 is 0 Å². The summed E-state index contributed by atoms with van der Waals surface area (Å²) in [5.74, 6) is 0.305. The number of thioether (sulfide) groups is 1. The van der Waals surface area contributed by atoms with Gasteiger partial charge in [0.05, 0.1) is 5.54 Å². The molecule has 0 aliphatic carbocycles. The first kappa shape index (κ1) is 16.1. The predicted molar refractivity (Wildman–Crippen MR) is 91.0 cm³/mol. The summed E-state index contributed by atoms with van der Waals surface area (Å²) in [5, 5.41) is 1.38. The fourth-order valence-electron chi connectivity index (χ4n) is 2.86. The van der Waals surface area contributed by atoms with Crippen LogP contribution in [-0.4, -0.2) is 33.8 Å². The number of hydrogen-bond acceptors (Lipinski definition) is 2. The molecule has 1 atom stereocenters. The van der Waals surface area contributed by atoms with Gasteiger partial charge in [0.25, 0.3) is 0 Å². The second-order valence-electron chi connectivity index (χ2n) is 6.17. The molecule has 0 bridgehead atoms. The van der Waals surface area contributed by atoms with Crippen LogP contribution in [0.2, 0.25) is 0 Å². The largest absolute Gasteiger partial charge is 0.344 e. The minimum Gasteiger partial charge on any atom is -0.313 e. The fourth-order valence-corrected chi connectivity index (χ4v) is 4.09. The average molecular weight is 304 g/mol. The first-order valence-corrected chi connectivity index (χ1v) is 8.33. The Hall–Kier alpha value is -1.29. The molecule has 0 saturated heterocycles. The van der Waals surface area contributed by atoms with E-state index in [-0.39, 0.29) is 11.6 Å². The molecule has 0 N–H and O–H groups in total. The molecule has 2 rings (SSSR count). The number of carbonyl (C=O) groups is 1. The topological polar surface area (TPSA) is 32.7 Å². The first-order chi connectivity index (χ1) is 9.87. The minimum atomic E-state index is -0.326. The van der Waals surface area contributed by atoms with E-state index in [0.717, 1.165) is 11.5 Å². The number of rotatable bonds is 4. The van der Waals surface area contributed by atoms with Crippen LogP contribution in [0, 0.1) is 5.92 Å². The number of hydrogen-bond donors (Lipinski definition) is 0. The zero-order valence-electron chi connectivity index (χ0n) is 13.5. The van der Waals surface area contributed by atoms with Crippen LogP contribution in [0.1, 0.15) is 33.3 Å². The van der Waals surface area contributed by atoms with Crippen molar-refractivity contribution in [1.29, 1.82) is 0 Å². The quantitative estimate of drug-likeness (QED) is 0.834. The molecule has 3 nitrogen and oxygen atoms in total. The Kier molecular flexibility index (Phi) is 4.77. The summed E-state index contributed by atoms with van der Waals surface area (Å²) in [7, 11) is 1.88. The second kappa shape index (κ2) is 6.22. The standard InChI is InChI=1S/C17H24N2OS/c1-12(2)17(11-14-9-7-6-8-10-14)15(21-13(3)4)18-16(20)19(17)5/h6-10,12-13H,11H2,1-5H3. The number of likely N-dealkylation sites (N-methyl/N-ethyl adjacent to an activating group) is 1. The second-order valence-corrected chi connectivity index (χ2v) is 7.73. The molecule has 0 radical (unpaired) electrons. The fraction of sp³-hybridized carbons (Fsp3) is 0.529. The summed E-state index contributed by atoms with van der Waals surface area (Å²) in [6.45, 7) is 8.63. The monoisotopic (exact) mass is 304 g/mol. The van der Waals surface area contributed by atoms with Crippen molar-refractivity contribution in [1.82, 2.24) is 4.90 Å². The number of carbonyl (C=O) groups excluding carboxylic acids is 1. The SMILES string of the molecule is CC(C)SC1=NC(=O)N(C)C1(Cc1ccccc1)C(C)C. The zero-order valence-corrected chi connectivity index (χ0v) is 14.3. The smallest absolute Gasteiger partial charge is 0.313 e. The lowest BCUT2D eigenvalue weighted by Crippen LogP contribution is -2.54. The van der Waals surface area contributed by atoms with Crippen LogP contribution in [0.25, 0.3) is 0 Å². The van der Waals surface area contributed by atoms with Gasteiger partial charge >= 0.3 is 6.03 Å². The molecular weight excluding hydrogens is 280 g/mol. The van der Waals surface area contributed by atoms with Crippen molar-refractivity contribution in [3.8, 4) is 0 Å². The molecule has 1 heterocycles. The lowest BCUT2D eigenvalue weighted by Gasteiger charge is -2.41. The summed E-state index contributed by atoms with van der Waals surface area (Å²) in [6, 6.07) is 10.2. The van der Waals surface area contributed by atoms with Crippen molar-refractivity contribution < 1.29 is 4.79 Å². The van der Waals surface area contributed by atoms with Gasteiger partial charge in [-0.05, 0) is 11.5 Å². The molecule has 0 saturated carbocycles. The van der Waals surface area contributed by atoms with Crippen molar-refractivity contribution in [2.75, 3.05) is 7.05 Å². The molecule has 1 aromatic carbocycles. The van der Waals surface area contributed by atoms with Crippen LogP contribution in [0.5, 0.6) is 0 Å². The summed E-state index contributed by atoms with van der Waals surface area (Å²) in [5.41, 5.74) is 0.915. The van der Waals surface area contributed by atoms with Gasteiger partial charge in [-0.2, -0.15) is 4.99 Å². The van der Waals surface area contributed by atoms with Gasteiger partial charge in [0.15, 0.2) is 0 Å². The van der Waals surface area contributed by atoms with Gasteiger partial charge in [0.1, 0.15) is 5.04 Å². The van der Waals surface area contributed by atoms with Crippen molar-refractivity contribution in [2.45, 2.75) is 44.9 Å². The maximum absolute atomic E-state index is 12.2. The Morgan fingerprint density at radius 3 is 2.33 bits per heavy atom. The van der Waals surface area contributed by atoms with E-state index in [1.54, 1.807) is 11.8 Å². The van der Waals surface area contributed by atoms with Gasteiger partial charge in [-0.3, -0.25) is 0 Å². The van der Waals surface area contributed by atoms with E-state index in [4.69, 9.17) is 0 Å². The van der Waals surface area contributed by atoms with Crippen LogP contribution in [0.4, 0.5) is 4.79 Å². The number of benzene rings is 1. The predicted octanol–water partition coefficient (Wildman–Crippen LogP) is 4.23. The van der Waals surface area contributed by atoms with Crippen molar-refractivity contribution in [3.05, 3.63) is 35.9 Å². The maximum Gasteiger partial charge on any atom is 0.344 e. The van der Waals surface area contributed by atoms with E-state index in [0.29, 0.717) is 11.2 Å². The number of aliphatic imine (C=N–C) groups is 1. The Morgan fingerprint density at radius 2 is 1.81 bits per heavy atom. The van der Waals surface area contributed by atoms with Gasteiger partial charge < -0.3 is 4.90 Å². The number of nitrogens with zero attached hydrogens (tertiary/aromatic N) is 2. The Labute approximate surface area is 131 Å². The number of urea groups is 1. The molecule has 1 aliphatic heterocycles. The molecule has 1 aliphatic rings. The van der Waals surface area contributed by atoms with Crippen LogP contribution < -0.4 is 0 Å². The van der Waals surface area contributed by atoms with Crippen molar-refractivity contribution in [2.24, 2.45) is 10.9 Å². The Morgan fingerprint density at radius 1 is 1.19 bits per heavy atom. The molecule has 21 heavy (non-hydrogen) atoms. The minimum absolute atomic E-state index is 0.122. The average Bonchev–Trinajstić information content (AvgIpc) is 2.65. The molecule has 0 fully saturated rings. The lowest BCUT2D eigenvalue weighted by molar-refractivity contribution is 0.164. The van der Waals surface area contributed by atoms with Crippen LogP contribution >= 0.6 is 11.8 Å². The normalized spacial score (nSPS) is 22.3. The van der Waals surface area contributed by atoms with E-state index in [2.05, 4.69) is 44.8 Å². The van der Waals surface area contributed by atoms with E-state index in [9.17, 15) is 4.79 Å². The third kappa shape index (κ3) is 3.00. The maximum atomic E-state index is 12.2. The first-order valence-electron chi connectivity index (χ1n) is 7.45. The van der Waals surface area contributed by atoms with Gasteiger partial charge in [-0.25, -0.2) is 4.79 Å². The zero-order chi connectivity index (χ0) is 15.6. The molecule has 0 aromatic heterocycles. The highest BCUT2D eigenvalue weighted by Crippen LogP contribution is 2.39. The Bertz CT molecular complexity index is 539. The summed E-state index contributed by atoms with van der Waals surface area (Å²) in [4.78, 5) is 18.4. The Balaban J connectivity index is 2.43. The third-order valence-corrected chi connectivity index (χ3v) is 5.21. The van der Waals surface area contributed by atoms with Crippen LogP contribution in [-0.2, 0) is 6.42 Å². The third-order valence-electron chi connectivity index (χ3n) is 4.07. The molecule has 114 valence electrons. The molecule has 2 amide bonds. The number of amides is 2.